The van der Waals surface area contributed by atoms with E-state index < -0.39 is 0 Å². The number of carbonyl (C=O) groups is 1. The quantitative estimate of drug-likeness (QED) is 0.783. The van der Waals surface area contributed by atoms with Crippen LogP contribution >= 0.6 is 0 Å². The number of hydrogen-bond donors (Lipinski definition) is 1. The molecule has 2 aromatic carbocycles. The summed E-state index contributed by atoms with van der Waals surface area (Å²) in [5.74, 6) is 0.139. The number of amides is 1. The lowest BCUT2D eigenvalue weighted by Gasteiger charge is -2.29. The van der Waals surface area contributed by atoms with E-state index in [0.717, 1.165) is 31.5 Å². The number of hydrogen-bond acceptors (Lipinski definition) is 2. The summed E-state index contributed by atoms with van der Waals surface area (Å²) >= 11 is 0. The molecule has 3 rings (SSSR count). The zero-order valence-electron chi connectivity index (χ0n) is 14.6. The molecule has 1 saturated heterocycles. The molecule has 1 amide bonds. The van der Waals surface area contributed by atoms with Crippen LogP contribution in [0.4, 0.5) is 0 Å². The molecule has 3 heteroatoms. The van der Waals surface area contributed by atoms with Crippen LogP contribution in [0.15, 0.2) is 73.3 Å². The van der Waals surface area contributed by atoms with Gasteiger partial charge in [-0.1, -0.05) is 66.7 Å². The second kappa shape index (κ2) is 8.63. The highest BCUT2D eigenvalue weighted by atomic mass is 16.2. The molecule has 0 saturated carbocycles. The molecule has 0 aromatic heterocycles. The fourth-order valence-electron chi connectivity index (χ4n) is 3.47. The van der Waals surface area contributed by atoms with Crippen LogP contribution in [-0.4, -0.2) is 29.9 Å². The Morgan fingerprint density at radius 1 is 1.04 bits per heavy atom. The largest absolute Gasteiger partial charge is 0.341 e. The molecule has 2 aromatic rings. The van der Waals surface area contributed by atoms with Gasteiger partial charge in [0, 0.05) is 25.6 Å². The van der Waals surface area contributed by atoms with Crippen molar-refractivity contribution in [2.75, 3.05) is 13.1 Å². The van der Waals surface area contributed by atoms with E-state index in [4.69, 9.17) is 0 Å². The molecule has 1 aliphatic heterocycles. The number of rotatable bonds is 7. The van der Waals surface area contributed by atoms with E-state index in [2.05, 4.69) is 36.2 Å². The van der Waals surface area contributed by atoms with Gasteiger partial charge in [0.2, 0.25) is 5.91 Å². The van der Waals surface area contributed by atoms with Crippen LogP contribution in [0.3, 0.4) is 0 Å². The second-order valence-electron chi connectivity index (χ2n) is 6.55. The monoisotopic (exact) mass is 334 g/mol. The van der Waals surface area contributed by atoms with Crippen molar-refractivity contribution < 1.29 is 4.79 Å². The molecule has 0 aliphatic carbocycles. The Bertz CT molecular complexity index is 678. The number of nitrogens with zero attached hydrogens (tertiary/aromatic N) is 1. The third-order valence-corrected chi connectivity index (χ3v) is 4.85. The third-order valence-electron chi connectivity index (χ3n) is 4.85. The molecular formula is C22H26N2O. The second-order valence-corrected chi connectivity index (χ2v) is 6.55. The van der Waals surface area contributed by atoms with Gasteiger partial charge in [0.25, 0.3) is 0 Å². The molecule has 1 N–H and O–H groups in total. The minimum Gasteiger partial charge on any atom is -0.341 e. The van der Waals surface area contributed by atoms with Gasteiger partial charge < -0.3 is 10.2 Å². The van der Waals surface area contributed by atoms with Crippen LogP contribution in [0, 0.1) is 0 Å². The van der Waals surface area contributed by atoms with Crippen molar-refractivity contribution in [1.82, 2.24) is 10.2 Å². The lowest BCUT2D eigenvalue weighted by Crippen LogP contribution is -2.48. The van der Waals surface area contributed by atoms with Gasteiger partial charge in [-0.25, -0.2) is 0 Å². The predicted octanol–water partition coefficient (Wildman–Crippen LogP) is 3.74. The average molecular weight is 334 g/mol. The minimum atomic E-state index is -0.293. The van der Waals surface area contributed by atoms with Crippen LogP contribution in [0.1, 0.15) is 29.9 Å². The molecule has 0 bridgehead atoms. The first-order valence-electron chi connectivity index (χ1n) is 9.03. The number of nitrogens with one attached hydrogen (secondary N) is 1. The van der Waals surface area contributed by atoms with Gasteiger partial charge >= 0.3 is 0 Å². The highest BCUT2D eigenvalue weighted by Gasteiger charge is 2.31. The third kappa shape index (κ3) is 4.37. The van der Waals surface area contributed by atoms with Crippen LogP contribution in [-0.2, 0) is 11.3 Å². The van der Waals surface area contributed by atoms with E-state index in [1.165, 1.54) is 5.56 Å². The Morgan fingerprint density at radius 2 is 1.64 bits per heavy atom. The Kier molecular flexibility index (Phi) is 6.02. The average Bonchev–Trinajstić information content (AvgIpc) is 3.21. The van der Waals surface area contributed by atoms with Crippen molar-refractivity contribution in [2.24, 2.45) is 0 Å². The smallest absolute Gasteiger partial charge is 0.240 e. The van der Waals surface area contributed by atoms with E-state index in [0.29, 0.717) is 6.54 Å². The molecule has 25 heavy (non-hydrogen) atoms. The molecule has 130 valence electrons. The molecule has 1 fully saturated rings. The molecule has 2 atom stereocenters. The van der Waals surface area contributed by atoms with Gasteiger partial charge in [-0.2, -0.15) is 0 Å². The zero-order valence-corrected chi connectivity index (χ0v) is 14.6. The molecule has 1 aliphatic rings. The van der Waals surface area contributed by atoms with Gasteiger partial charge in [-0.3, -0.25) is 4.79 Å². The van der Waals surface area contributed by atoms with Crippen molar-refractivity contribution in [3.05, 3.63) is 84.4 Å². The molecule has 2 unspecified atom stereocenters. The van der Waals surface area contributed by atoms with Gasteiger partial charge in [0.1, 0.15) is 0 Å². The van der Waals surface area contributed by atoms with Crippen molar-refractivity contribution in [1.29, 1.82) is 0 Å². The van der Waals surface area contributed by atoms with E-state index in [1.807, 2.05) is 47.4 Å². The van der Waals surface area contributed by atoms with E-state index in [1.54, 1.807) is 0 Å². The number of likely N-dealkylation sites (tertiary alicyclic amines) is 1. The summed E-state index contributed by atoms with van der Waals surface area (Å²) in [4.78, 5) is 15.1. The van der Waals surface area contributed by atoms with Gasteiger partial charge in [-0.05, 0) is 24.0 Å². The van der Waals surface area contributed by atoms with Crippen molar-refractivity contribution in [3.8, 4) is 0 Å². The Balaban J connectivity index is 1.82. The van der Waals surface area contributed by atoms with Gasteiger partial charge in [0.05, 0.1) is 6.04 Å². The summed E-state index contributed by atoms with van der Waals surface area (Å²) in [5.41, 5.74) is 2.30. The normalized spacial score (nSPS) is 16.4. The van der Waals surface area contributed by atoms with Gasteiger partial charge in [0.15, 0.2) is 0 Å². The summed E-state index contributed by atoms with van der Waals surface area (Å²) < 4.78 is 0. The standard InChI is InChI=1S/C22H26N2O/c1-2-20(19-13-7-4-8-14-19)21(22(25)24-15-9-10-16-24)23-17-18-11-5-3-6-12-18/h2-8,11-14,20-21,23H,1,9-10,15-17H2. The van der Waals surface area contributed by atoms with E-state index >= 15 is 0 Å². The SMILES string of the molecule is C=CC(c1ccccc1)C(NCc1ccccc1)C(=O)N1CCCC1. The first-order valence-corrected chi connectivity index (χ1v) is 9.03. The van der Waals surface area contributed by atoms with Crippen molar-refractivity contribution in [3.63, 3.8) is 0 Å². The molecular weight excluding hydrogens is 308 g/mol. The highest BCUT2D eigenvalue weighted by Crippen LogP contribution is 2.24. The fraction of sp³-hybridized carbons (Fsp3) is 0.318. The van der Waals surface area contributed by atoms with Crippen LogP contribution in [0.5, 0.6) is 0 Å². The van der Waals surface area contributed by atoms with Crippen molar-refractivity contribution >= 4 is 5.91 Å². The van der Waals surface area contributed by atoms with Crippen molar-refractivity contribution in [2.45, 2.75) is 31.3 Å². The maximum Gasteiger partial charge on any atom is 0.240 e. The first-order chi connectivity index (χ1) is 12.3. The summed E-state index contributed by atoms with van der Waals surface area (Å²) in [6, 6.07) is 20.1. The summed E-state index contributed by atoms with van der Waals surface area (Å²) in [5, 5.41) is 3.50. The molecule has 0 spiro atoms. The maximum absolute atomic E-state index is 13.2. The summed E-state index contributed by atoms with van der Waals surface area (Å²) in [7, 11) is 0. The lowest BCUT2D eigenvalue weighted by molar-refractivity contribution is -0.132. The summed E-state index contributed by atoms with van der Waals surface area (Å²) in [6.07, 6.45) is 4.09. The maximum atomic E-state index is 13.2. The zero-order chi connectivity index (χ0) is 17.5. The Hall–Kier alpha value is -2.39. The molecule has 1 heterocycles. The van der Waals surface area contributed by atoms with E-state index in [-0.39, 0.29) is 17.9 Å². The molecule has 3 nitrogen and oxygen atoms in total. The lowest BCUT2D eigenvalue weighted by atomic mass is 9.90. The summed E-state index contributed by atoms with van der Waals surface area (Å²) in [6.45, 7) is 6.40. The Morgan fingerprint density at radius 3 is 2.24 bits per heavy atom. The van der Waals surface area contributed by atoms with Crippen LogP contribution in [0.25, 0.3) is 0 Å². The number of benzene rings is 2. The van der Waals surface area contributed by atoms with Crippen LogP contribution in [0.2, 0.25) is 0 Å². The minimum absolute atomic E-state index is 0.0435. The van der Waals surface area contributed by atoms with Gasteiger partial charge in [-0.15, -0.1) is 6.58 Å². The fourth-order valence-corrected chi connectivity index (χ4v) is 3.47. The molecule has 0 radical (unpaired) electrons. The predicted molar refractivity (Wildman–Crippen MR) is 102 cm³/mol. The highest BCUT2D eigenvalue weighted by molar-refractivity contribution is 5.83. The number of carbonyl (C=O) groups excluding carboxylic acids is 1. The topological polar surface area (TPSA) is 32.3 Å². The first kappa shape index (κ1) is 17.4. The van der Waals surface area contributed by atoms with Crippen LogP contribution < -0.4 is 5.32 Å². The Labute approximate surface area is 150 Å². The van der Waals surface area contributed by atoms with E-state index in [9.17, 15) is 4.79 Å².